The van der Waals surface area contributed by atoms with E-state index < -0.39 is 0 Å². The fourth-order valence-corrected chi connectivity index (χ4v) is 3.29. The van der Waals surface area contributed by atoms with Gasteiger partial charge in [-0.15, -0.1) is 11.3 Å². The van der Waals surface area contributed by atoms with Crippen molar-refractivity contribution in [1.82, 2.24) is 0 Å². The fraction of sp³-hybridized carbons (Fsp3) is 0.154. The quantitative estimate of drug-likeness (QED) is 0.650. The van der Waals surface area contributed by atoms with E-state index in [1.807, 2.05) is 6.92 Å². The first kappa shape index (κ1) is 14.4. The molecule has 1 aromatic carbocycles. The molecule has 0 aliphatic rings. The lowest BCUT2D eigenvalue weighted by atomic mass is 10.1. The minimum absolute atomic E-state index is 0.145. The van der Waals surface area contributed by atoms with Crippen LogP contribution in [0.25, 0.3) is 0 Å². The monoisotopic (exact) mass is 359 g/mol. The zero-order valence-corrected chi connectivity index (χ0v) is 13.2. The van der Waals surface area contributed by atoms with Crippen molar-refractivity contribution in [3.8, 4) is 5.75 Å². The molecule has 0 saturated carbocycles. The Hall–Kier alpha value is -1.04. The summed E-state index contributed by atoms with van der Waals surface area (Å²) in [6.07, 6.45) is 0. The zero-order chi connectivity index (χ0) is 14.0. The number of carbonyl (C=O) groups excluding carboxylic acids is 1. The van der Waals surface area contributed by atoms with E-state index in [1.54, 1.807) is 24.3 Å². The van der Waals surface area contributed by atoms with Gasteiger partial charge in [-0.3, -0.25) is 4.79 Å². The molecule has 0 bridgehead atoms. The van der Waals surface area contributed by atoms with Crippen molar-refractivity contribution in [3.05, 3.63) is 43.5 Å². The molecular weight excluding hydrogens is 350 g/mol. The van der Waals surface area contributed by atoms with Gasteiger partial charge in [0.2, 0.25) is 5.78 Å². The number of nitrogen functional groups attached to an aromatic ring is 1. The van der Waals surface area contributed by atoms with Crippen LogP contribution in [0, 0.1) is 0 Å². The molecule has 100 valence electrons. The average Bonchev–Trinajstić information content (AvgIpc) is 2.71. The number of nitrogens with two attached hydrogens (primary N) is 1. The summed E-state index contributed by atoms with van der Waals surface area (Å²) >= 11 is 10.5. The summed E-state index contributed by atoms with van der Waals surface area (Å²) < 4.78 is 6.72. The number of carbonyl (C=O) groups is 1. The Morgan fingerprint density at radius 2 is 2.26 bits per heavy atom. The van der Waals surface area contributed by atoms with Crippen LogP contribution >= 0.6 is 38.9 Å². The van der Waals surface area contributed by atoms with Crippen LogP contribution in [-0.2, 0) is 0 Å². The number of rotatable bonds is 4. The van der Waals surface area contributed by atoms with E-state index in [0.717, 1.165) is 0 Å². The highest BCUT2D eigenvalue weighted by molar-refractivity contribution is 9.10. The van der Waals surface area contributed by atoms with E-state index in [9.17, 15) is 4.79 Å². The summed E-state index contributed by atoms with van der Waals surface area (Å²) in [7, 11) is 0. The van der Waals surface area contributed by atoms with Gasteiger partial charge in [0.25, 0.3) is 0 Å². The lowest BCUT2D eigenvalue weighted by Crippen LogP contribution is -2.06. The molecule has 2 aromatic rings. The van der Waals surface area contributed by atoms with Gasteiger partial charge in [-0.2, -0.15) is 0 Å². The Morgan fingerprint density at radius 3 is 2.84 bits per heavy atom. The Kier molecular flexibility index (Phi) is 4.50. The van der Waals surface area contributed by atoms with Gasteiger partial charge < -0.3 is 10.5 Å². The molecule has 0 spiro atoms. The van der Waals surface area contributed by atoms with Crippen molar-refractivity contribution in [1.29, 1.82) is 0 Å². The van der Waals surface area contributed by atoms with Crippen molar-refractivity contribution in [2.24, 2.45) is 0 Å². The van der Waals surface area contributed by atoms with Crippen LogP contribution in [0.15, 0.2) is 28.7 Å². The lowest BCUT2D eigenvalue weighted by Gasteiger charge is -2.11. The van der Waals surface area contributed by atoms with E-state index in [4.69, 9.17) is 22.1 Å². The van der Waals surface area contributed by atoms with Gasteiger partial charge in [-0.25, -0.2) is 0 Å². The minimum Gasteiger partial charge on any atom is -0.491 e. The highest BCUT2D eigenvalue weighted by Crippen LogP contribution is 2.35. The predicted octanol–water partition coefficient (Wildman–Crippen LogP) is 4.38. The third-order valence-corrected chi connectivity index (χ3v) is 4.92. The van der Waals surface area contributed by atoms with Crippen LogP contribution in [0.5, 0.6) is 5.75 Å². The van der Waals surface area contributed by atoms with Crippen molar-refractivity contribution < 1.29 is 9.53 Å². The maximum Gasteiger partial charge on any atom is 0.206 e. The largest absolute Gasteiger partial charge is 0.491 e. The second-order valence-electron chi connectivity index (χ2n) is 3.72. The minimum atomic E-state index is -0.145. The molecule has 6 heteroatoms. The van der Waals surface area contributed by atoms with E-state index in [0.29, 0.717) is 37.3 Å². The highest BCUT2D eigenvalue weighted by Gasteiger charge is 2.19. The molecule has 1 heterocycles. The average molecular weight is 361 g/mol. The molecule has 3 nitrogen and oxygen atoms in total. The first-order valence-electron chi connectivity index (χ1n) is 5.55. The van der Waals surface area contributed by atoms with Gasteiger partial charge in [0.1, 0.15) is 4.34 Å². The molecule has 0 amide bonds. The molecule has 0 saturated heterocycles. The Morgan fingerprint density at radius 1 is 1.53 bits per heavy atom. The number of anilines is 1. The molecule has 0 radical (unpaired) electrons. The SMILES string of the molecule is CCOc1c(N)cccc1C(=O)c1cc(Br)c(Cl)s1. The standard InChI is InChI=1S/C13H11BrClNO2S/c1-2-18-12-7(4-3-5-9(12)16)11(17)10-6-8(14)13(15)19-10/h3-6H,2,16H2,1H3. The molecule has 0 aliphatic carbocycles. The first-order chi connectivity index (χ1) is 9.04. The summed E-state index contributed by atoms with van der Waals surface area (Å²) in [5, 5.41) is 0. The maximum absolute atomic E-state index is 12.5. The van der Waals surface area contributed by atoms with Crippen LogP contribution in [0.3, 0.4) is 0 Å². The van der Waals surface area contributed by atoms with Crippen molar-refractivity contribution in [3.63, 3.8) is 0 Å². The van der Waals surface area contributed by atoms with E-state index in [2.05, 4.69) is 15.9 Å². The molecule has 0 atom stereocenters. The lowest BCUT2D eigenvalue weighted by molar-refractivity contribution is 0.103. The van der Waals surface area contributed by atoms with Crippen molar-refractivity contribution >= 4 is 50.3 Å². The van der Waals surface area contributed by atoms with Gasteiger partial charge in [-0.1, -0.05) is 17.7 Å². The van der Waals surface area contributed by atoms with Gasteiger partial charge in [0, 0.05) is 4.47 Å². The number of benzene rings is 1. The van der Waals surface area contributed by atoms with Gasteiger partial charge in [0.15, 0.2) is 5.75 Å². The summed E-state index contributed by atoms with van der Waals surface area (Å²) in [6.45, 7) is 2.29. The number of ketones is 1. The van der Waals surface area contributed by atoms with E-state index in [1.165, 1.54) is 11.3 Å². The molecule has 2 N–H and O–H groups in total. The van der Waals surface area contributed by atoms with Crippen LogP contribution in [0.1, 0.15) is 22.2 Å². The highest BCUT2D eigenvalue weighted by atomic mass is 79.9. The first-order valence-corrected chi connectivity index (χ1v) is 7.54. The summed E-state index contributed by atoms with van der Waals surface area (Å²) in [5.41, 5.74) is 6.75. The maximum atomic E-state index is 12.5. The molecule has 19 heavy (non-hydrogen) atoms. The van der Waals surface area contributed by atoms with Crippen LogP contribution in [0.2, 0.25) is 4.34 Å². The van der Waals surface area contributed by atoms with Crippen LogP contribution in [0.4, 0.5) is 5.69 Å². The third kappa shape index (κ3) is 2.94. The molecule has 2 rings (SSSR count). The number of thiophene rings is 1. The number of halogens is 2. The summed E-state index contributed by atoms with van der Waals surface area (Å²) in [6, 6.07) is 6.84. The normalized spacial score (nSPS) is 10.5. The van der Waals surface area contributed by atoms with E-state index in [-0.39, 0.29) is 5.78 Å². The Bertz CT molecular complexity index is 608. The second kappa shape index (κ2) is 5.94. The van der Waals surface area contributed by atoms with Crippen molar-refractivity contribution in [2.45, 2.75) is 6.92 Å². The predicted molar refractivity (Wildman–Crippen MR) is 82.5 cm³/mol. The van der Waals surface area contributed by atoms with Crippen molar-refractivity contribution in [2.75, 3.05) is 12.3 Å². The summed E-state index contributed by atoms with van der Waals surface area (Å²) in [4.78, 5) is 13.0. The second-order valence-corrected chi connectivity index (χ2v) is 6.23. The molecular formula is C13H11BrClNO2S. The zero-order valence-electron chi connectivity index (χ0n) is 10.1. The number of para-hydroxylation sites is 1. The van der Waals surface area contributed by atoms with Gasteiger partial charge in [0.05, 0.1) is 22.7 Å². The smallest absolute Gasteiger partial charge is 0.206 e. The molecule has 0 aliphatic heterocycles. The molecule has 1 aromatic heterocycles. The third-order valence-electron chi connectivity index (χ3n) is 2.45. The van der Waals surface area contributed by atoms with Gasteiger partial charge >= 0.3 is 0 Å². The number of hydrogen-bond acceptors (Lipinski definition) is 4. The Balaban J connectivity index is 2.46. The fourth-order valence-electron chi connectivity index (χ4n) is 1.63. The number of ether oxygens (including phenoxy) is 1. The molecule has 0 unspecified atom stereocenters. The van der Waals surface area contributed by atoms with Crippen LogP contribution < -0.4 is 10.5 Å². The van der Waals surface area contributed by atoms with Crippen LogP contribution in [-0.4, -0.2) is 12.4 Å². The van der Waals surface area contributed by atoms with Gasteiger partial charge in [-0.05, 0) is 41.1 Å². The topological polar surface area (TPSA) is 52.3 Å². The van der Waals surface area contributed by atoms with E-state index >= 15 is 0 Å². The Labute approximate surface area is 128 Å². The molecule has 0 fully saturated rings. The summed E-state index contributed by atoms with van der Waals surface area (Å²) in [5.74, 6) is 0.281. The number of hydrogen-bond donors (Lipinski definition) is 1.